The monoisotopic (exact) mass is 418 g/mol. The van der Waals surface area contributed by atoms with Crippen LogP contribution < -0.4 is 4.74 Å². The molecule has 1 aliphatic carbocycles. The molecule has 0 unspecified atom stereocenters. The molecule has 31 heavy (non-hydrogen) atoms. The first-order valence-electron chi connectivity index (χ1n) is 11.2. The molecule has 2 aliphatic rings. The van der Waals surface area contributed by atoms with Crippen LogP contribution in [-0.2, 0) is 25.8 Å². The van der Waals surface area contributed by atoms with E-state index in [1.54, 1.807) is 12.4 Å². The molecule has 162 valence electrons. The van der Waals surface area contributed by atoms with Crippen LogP contribution in [0, 0.1) is 11.8 Å². The number of aryl methyl sites for hydroxylation is 1. The Labute approximate surface area is 183 Å². The largest absolute Gasteiger partial charge is 0.489 e. The predicted molar refractivity (Wildman–Crippen MR) is 118 cm³/mol. The average molecular weight is 419 g/mol. The molecule has 2 fully saturated rings. The Kier molecular flexibility index (Phi) is 5.50. The molecule has 0 spiro atoms. The maximum Gasteiger partial charge on any atom is 0.141 e. The molecule has 2 aromatic heterocycles. The Morgan fingerprint density at radius 1 is 1.10 bits per heavy atom. The molecule has 2 bridgehead atoms. The summed E-state index contributed by atoms with van der Waals surface area (Å²) in [5.41, 5.74) is 1.42. The van der Waals surface area contributed by atoms with Gasteiger partial charge in [0.05, 0.1) is 0 Å². The lowest BCUT2D eigenvalue weighted by molar-refractivity contribution is -0.155. The Morgan fingerprint density at radius 3 is 2.61 bits per heavy atom. The molecule has 5 rings (SSSR count). The number of aliphatic hydroxyl groups is 1. The second kappa shape index (κ2) is 8.44. The van der Waals surface area contributed by atoms with Gasteiger partial charge in [-0.2, -0.15) is 0 Å². The van der Waals surface area contributed by atoms with Gasteiger partial charge in [-0.15, -0.1) is 0 Å². The Morgan fingerprint density at radius 2 is 1.90 bits per heavy atom. The van der Waals surface area contributed by atoms with E-state index in [1.807, 2.05) is 48.3 Å². The Balaban J connectivity index is 1.32. The summed E-state index contributed by atoms with van der Waals surface area (Å²) in [6.45, 7) is 3.08. The number of imidazole rings is 1. The summed E-state index contributed by atoms with van der Waals surface area (Å²) in [7, 11) is 1.98. The molecule has 6 nitrogen and oxygen atoms in total. The molecule has 1 N–H and O–H groups in total. The Bertz CT molecular complexity index is 1010. The third-order valence-corrected chi connectivity index (χ3v) is 6.97. The van der Waals surface area contributed by atoms with E-state index >= 15 is 0 Å². The van der Waals surface area contributed by atoms with Crippen molar-refractivity contribution in [2.24, 2.45) is 18.9 Å². The number of para-hydroxylation sites is 1. The van der Waals surface area contributed by atoms with Gasteiger partial charge in [0.1, 0.15) is 23.8 Å². The smallest absolute Gasteiger partial charge is 0.141 e. The highest BCUT2D eigenvalue weighted by Crippen LogP contribution is 2.48. The Hall–Kier alpha value is -2.70. The lowest BCUT2D eigenvalue weighted by Crippen LogP contribution is -2.58. The quantitative estimate of drug-likeness (QED) is 0.664. The zero-order valence-electron chi connectivity index (χ0n) is 18.0. The van der Waals surface area contributed by atoms with Crippen molar-refractivity contribution in [3.05, 3.63) is 78.1 Å². The summed E-state index contributed by atoms with van der Waals surface area (Å²) in [5, 5.41) is 11.8. The van der Waals surface area contributed by atoms with Crippen molar-refractivity contribution in [2.75, 3.05) is 13.1 Å². The lowest BCUT2D eigenvalue weighted by Gasteiger charge is -2.52. The number of likely N-dealkylation sites (tertiary alicyclic amines) is 1. The molecular formula is C25H30N4O2. The lowest BCUT2D eigenvalue weighted by atomic mass is 9.65. The van der Waals surface area contributed by atoms with E-state index in [-0.39, 0.29) is 11.8 Å². The fourth-order valence-corrected chi connectivity index (χ4v) is 5.45. The van der Waals surface area contributed by atoms with Gasteiger partial charge in [-0.05, 0) is 25.0 Å². The maximum absolute atomic E-state index is 11.8. The van der Waals surface area contributed by atoms with Crippen molar-refractivity contribution in [1.82, 2.24) is 19.4 Å². The molecule has 3 heterocycles. The first kappa shape index (κ1) is 20.2. The predicted octanol–water partition coefficient (Wildman–Crippen LogP) is 3.51. The summed E-state index contributed by atoms with van der Waals surface area (Å²) in [6, 6.07) is 12.2. The van der Waals surface area contributed by atoms with Gasteiger partial charge in [0.2, 0.25) is 0 Å². The summed E-state index contributed by atoms with van der Waals surface area (Å²) in [6.07, 6.45) is 10.6. The number of hydrogen-bond donors (Lipinski definition) is 1. The topological polar surface area (TPSA) is 63.4 Å². The SMILES string of the molecule is Cn1ccnc1C1(O)[C@@H]2CCC[C@@H]1CN(Cc1ccccc1OCc1cccnc1)C2. The second-order valence-electron chi connectivity index (χ2n) is 8.96. The van der Waals surface area contributed by atoms with Crippen molar-refractivity contribution in [2.45, 2.75) is 38.0 Å². The summed E-state index contributed by atoms with van der Waals surface area (Å²) >= 11 is 0. The average Bonchev–Trinajstić information content (AvgIpc) is 3.21. The van der Waals surface area contributed by atoms with E-state index in [9.17, 15) is 5.11 Å². The van der Waals surface area contributed by atoms with Crippen LogP contribution in [0.3, 0.4) is 0 Å². The molecule has 3 aromatic rings. The number of pyridine rings is 1. The molecule has 6 heteroatoms. The van der Waals surface area contributed by atoms with Crippen LogP contribution in [0.15, 0.2) is 61.2 Å². The van der Waals surface area contributed by atoms with E-state index in [1.165, 1.54) is 12.0 Å². The van der Waals surface area contributed by atoms with Gasteiger partial charge < -0.3 is 14.4 Å². The number of ether oxygens (including phenoxy) is 1. The van der Waals surface area contributed by atoms with Crippen LogP contribution in [0.5, 0.6) is 5.75 Å². The molecule has 0 amide bonds. The van der Waals surface area contributed by atoms with Crippen LogP contribution in [0.25, 0.3) is 0 Å². The summed E-state index contributed by atoms with van der Waals surface area (Å²) < 4.78 is 8.13. The first-order chi connectivity index (χ1) is 15.1. The van der Waals surface area contributed by atoms with Gasteiger partial charge in [-0.25, -0.2) is 4.98 Å². The minimum atomic E-state index is -0.830. The van der Waals surface area contributed by atoms with Gasteiger partial charge in [-0.3, -0.25) is 9.88 Å². The van der Waals surface area contributed by atoms with E-state index in [2.05, 4.69) is 27.0 Å². The number of benzene rings is 1. The molecule has 2 atom stereocenters. The highest BCUT2D eigenvalue weighted by molar-refractivity contribution is 5.33. The first-order valence-corrected chi connectivity index (χ1v) is 11.2. The zero-order valence-corrected chi connectivity index (χ0v) is 18.0. The van der Waals surface area contributed by atoms with Crippen molar-refractivity contribution in [1.29, 1.82) is 0 Å². The van der Waals surface area contributed by atoms with Crippen LogP contribution in [0.2, 0.25) is 0 Å². The molecule has 1 saturated heterocycles. The van der Waals surface area contributed by atoms with Crippen molar-refractivity contribution in [3.63, 3.8) is 0 Å². The molecule has 0 radical (unpaired) electrons. The molecular weight excluding hydrogens is 388 g/mol. The molecule has 1 saturated carbocycles. The zero-order chi connectivity index (χ0) is 21.3. The standard InChI is InChI=1S/C25H30N4O2/c1-28-13-12-27-24(28)25(30)21-8-4-9-22(25)17-29(16-21)15-20-7-2-3-10-23(20)31-18-19-6-5-11-26-14-19/h2-3,5-7,10-14,21-22,30H,4,8-9,15-18H2,1H3/t21-,22-/m1/s1. The third kappa shape index (κ3) is 3.86. The summed E-state index contributed by atoms with van der Waals surface area (Å²) in [4.78, 5) is 11.2. The van der Waals surface area contributed by atoms with E-state index in [0.29, 0.717) is 6.61 Å². The number of fused-ring (bicyclic) bond motifs is 2. The molecule has 1 aliphatic heterocycles. The van der Waals surface area contributed by atoms with E-state index in [0.717, 1.165) is 49.6 Å². The molecule has 1 aromatic carbocycles. The van der Waals surface area contributed by atoms with Crippen molar-refractivity contribution < 1.29 is 9.84 Å². The minimum absolute atomic E-state index is 0.199. The minimum Gasteiger partial charge on any atom is -0.489 e. The van der Waals surface area contributed by atoms with Crippen molar-refractivity contribution >= 4 is 0 Å². The van der Waals surface area contributed by atoms with Crippen LogP contribution in [-0.4, -0.2) is 37.6 Å². The number of piperidine rings is 1. The van der Waals surface area contributed by atoms with E-state index in [4.69, 9.17) is 4.74 Å². The number of nitrogens with zero attached hydrogens (tertiary/aromatic N) is 4. The fourth-order valence-electron chi connectivity index (χ4n) is 5.45. The van der Waals surface area contributed by atoms with Crippen LogP contribution in [0.1, 0.15) is 36.2 Å². The van der Waals surface area contributed by atoms with Gasteiger partial charge >= 0.3 is 0 Å². The van der Waals surface area contributed by atoms with Gasteiger partial charge in [0.15, 0.2) is 0 Å². The van der Waals surface area contributed by atoms with Gasteiger partial charge in [0, 0.05) is 74.4 Å². The number of rotatable bonds is 6. The van der Waals surface area contributed by atoms with Crippen molar-refractivity contribution in [3.8, 4) is 5.75 Å². The highest BCUT2D eigenvalue weighted by Gasteiger charge is 2.53. The second-order valence-corrected chi connectivity index (χ2v) is 8.96. The normalized spacial score (nSPS) is 26.0. The van der Waals surface area contributed by atoms with Gasteiger partial charge in [-0.1, -0.05) is 30.7 Å². The van der Waals surface area contributed by atoms with Gasteiger partial charge in [0.25, 0.3) is 0 Å². The van der Waals surface area contributed by atoms with Crippen LogP contribution in [0.4, 0.5) is 0 Å². The van der Waals surface area contributed by atoms with E-state index < -0.39 is 5.60 Å². The summed E-state index contributed by atoms with van der Waals surface area (Å²) in [5.74, 6) is 2.14. The maximum atomic E-state index is 11.8. The van der Waals surface area contributed by atoms with Crippen LogP contribution >= 0.6 is 0 Å². The highest BCUT2D eigenvalue weighted by atomic mass is 16.5. The number of hydrogen-bond acceptors (Lipinski definition) is 5. The third-order valence-electron chi connectivity index (χ3n) is 6.97. The number of aromatic nitrogens is 3. The fraction of sp³-hybridized carbons (Fsp3) is 0.440.